The van der Waals surface area contributed by atoms with E-state index in [2.05, 4.69) is 9.47 Å². The van der Waals surface area contributed by atoms with Gasteiger partial charge in [-0.1, -0.05) is 30.3 Å². The molecule has 8 nitrogen and oxygen atoms in total. The highest BCUT2D eigenvalue weighted by Gasteiger charge is 2.31. The average Bonchev–Trinajstić information content (AvgIpc) is 3.72. The van der Waals surface area contributed by atoms with Crippen LogP contribution in [-0.4, -0.2) is 37.7 Å². The number of halogens is 3. The van der Waals surface area contributed by atoms with Gasteiger partial charge in [-0.05, 0) is 126 Å². The van der Waals surface area contributed by atoms with E-state index in [-0.39, 0.29) is 24.1 Å². The van der Waals surface area contributed by atoms with Gasteiger partial charge in [0.25, 0.3) is 0 Å². The Hall–Kier alpha value is -6.49. The lowest BCUT2D eigenvalue weighted by Gasteiger charge is -2.09. The molecule has 286 valence electrons. The molecule has 2 aliphatic carbocycles. The second-order valence-electron chi connectivity index (χ2n) is 13.3. The maximum absolute atomic E-state index is 13.1. The Balaban J connectivity index is 0.000000208. The fraction of sp³-hybridized carbons (Fsp3) is 0.200. The van der Waals surface area contributed by atoms with Gasteiger partial charge in [-0.3, -0.25) is 9.59 Å². The van der Waals surface area contributed by atoms with Crippen LogP contribution in [0.5, 0.6) is 11.5 Å². The lowest BCUT2D eigenvalue weighted by Crippen LogP contribution is -2.05. The van der Waals surface area contributed by atoms with Crippen LogP contribution in [0, 0.1) is 6.92 Å². The molecule has 56 heavy (non-hydrogen) atoms. The third-order valence-corrected chi connectivity index (χ3v) is 9.32. The fourth-order valence-corrected chi connectivity index (χ4v) is 6.43. The summed E-state index contributed by atoms with van der Waals surface area (Å²) in [7, 11) is 2.68. The molecule has 0 spiro atoms. The highest BCUT2D eigenvalue weighted by molar-refractivity contribution is 6.15. The summed E-state index contributed by atoms with van der Waals surface area (Å²) in [6.45, 7) is 2.27. The van der Waals surface area contributed by atoms with Crippen molar-refractivity contribution < 1.29 is 51.3 Å². The summed E-state index contributed by atoms with van der Waals surface area (Å²) in [5.41, 5.74) is 6.44. The number of benzene rings is 5. The van der Waals surface area contributed by atoms with Crippen LogP contribution in [0.4, 0.5) is 13.2 Å². The fourth-order valence-electron chi connectivity index (χ4n) is 6.43. The van der Waals surface area contributed by atoms with Crippen LogP contribution in [0.15, 0.2) is 109 Å². The Labute approximate surface area is 321 Å². The molecule has 0 N–H and O–H groups in total. The van der Waals surface area contributed by atoms with Crippen LogP contribution >= 0.6 is 0 Å². The quantitative estimate of drug-likeness (QED) is 0.108. The van der Waals surface area contributed by atoms with Gasteiger partial charge in [0, 0.05) is 29.5 Å². The highest BCUT2D eigenvalue weighted by Crippen LogP contribution is 2.34. The minimum absolute atomic E-state index is 0.199. The van der Waals surface area contributed by atoms with Gasteiger partial charge < -0.3 is 18.9 Å². The molecule has 0 unspecified atom stereocenters. The molecule has 0 amide bonds. The number of ketones is 2. The molecular formula is C45H37F3O8. The first kappa shape index (κ1) is 39.2. The van der Waals surface area contributed by atoms with E-state index in [1.54, 1.807) is 67.6 Å². The van der Waals surface area contributed by atoms with E-state index in [4.69, 9.17) is 9.47 Å². The van der Waals surface area contributed by atoms with Gasteiger partial charge in [-0.15, -0.1) is 0 Å². The van der Waals surface area contributed by atoms with Crippen molar-refractivity contribution >= 4 is 29.6 Å². The predicted octanol–water partition coefficient (Wildman–Crippen LogP) is 9.38. The normalized spacial score (nSPS) is 13.7. The molecule has 2 aliphatic rings. The van der Waals surface area contributed by atoms with Crippen LogP contribution < -0.4 is 9.47 Å². The number of hydrogen-bond donors (Lipinski definition) is 0. The molecule has 11 heteroatoms. The van der Waals surface area contributed by atoms with Crippen LogP contribution in [-0.2, 0) is 41.7 Å². The first-order chi connectivity index (χ1) is 26.8. The van der Waals surface area contributed by atoms with Crippen molar-refractivity contribution in [2.45, 2.75) is 45.6 Å². The standard InChI is InChI=1S/C27H21F3O4.C18H16O4/c1-16-9-18(12-22(10-16)27(28,29)30)11-21-13-20-14-23(7-8-24(20)25(21)31)34-15-17-3-5-19(6-4-17)26(32)33-2;1-21-18(20)13-4-2-12(3-5-13)11-22-15-7-8-16-14(10-15)6-9-17(16)19/h3-12,14H,13,15H2,1-2H3;2-5,7-8,10H,6,9,11H2,1H3/b21-11+;. The van der Waals surface area contributed by atoms with Gasteiger partial charge in [0.15, 0.2) is 11.6 Å². The Kier molecular flexibility index (Phi) is 11.8. The number of hydrogen-bond acceptors (Lipinski definition) is 8. The zero-order valence-electron chi connectivity index (χ0n) is 30.8. The number of ether oxygens (including phenoxy) is 4. The van der Waals surface area contributed by atoms with Crippen LogP contribution in [0.3, 0.4) is 0 Å². The lowest BCUT2D eigenvalue weighted by atomic mass is 10.0. The molecule has 5 aromatic carbocycles. The molecule has 0 saturated heterocycles. The van der Waals surface area contributed by atoms with Gasteiger partial charge in [0.2, 0.25) is 0 Å². The van der Waals surface area contributed by atoms with Crippen LogP contribution in [0.1, 0.15) is 86.8 Å². The maximum atomic E-state index is 13.1. The van der Waals surface area contributed by atoms with Crippen molar-refractivity contribution in [1.82, 2.24) is 0 Å². The van der Waals surface area contributed by atoms with E-state index in [0.29, 0.717) is 58.6 Å². The first-order valence-corrected chi connectivity index (χ1v) is 17.6. The number of carbonyl (C=O) groups is 4. The first-order valence-electron chi connectivity index (χ1n) is 17.6. The summed E-state index contributed by atoms with van der Waals surface area (Å²) >= 11 is 0. The Bertz CT molecular complexity index is 2320. The summed E-state index contributed by atoms with van der Waals surface area (Å²) in [6.07, 6.45) is -1.23. The Morgan fingerprint density at radius 2 is 1.20 bits per heavy atom. The monoisotopic (exact) mass is 762 g/mol. The zero-order valence-corrected chi connectivity index (χ0v) is 30.8. The zero-order chi connectivity index (χ0) is 40.0. The van der Waals surface area contributed by atoms with Gasteiger partial charge in [-0.2, -0.15) is 13.2 Å². The van der Waals surface area contributed by atoms with E-state index in [9.17, 15) is 32.3 Å². The number of allylic oxidation sites excluding steroid dienone is 1. The van der Waals surface area contributed by atoms with E-state index in [1.807, 2.05) is 30.3 Å². The van der Waals surface area contributed by atoms with Crippen molar-refractivity contribution in [3.05, 3.63) is 170 Å². The van der Waals surface area contributed by atoms with Crippen molar-refractivity contribution in [3.8, 4) is 11.5 Å². The molecule has 0 saturated carbocycles. The molecule has 0 aromatic heterocycles. The highest BCUT2D eigenvalue weighted by atomic mass is 19.4. The largest absolute Gasteiger partial charge is 0.489 e. The topological polar surface area (TPSA) is 105 Å². The molecule has 0 radical (unpaired) electrons. The molecule has 7 rings (SSSR count). The lowest BCUT2D eigenvalue weighted by molar-refractivity contribution is -0.137. The molecule has 0 bridgehead atoms. The molecule has 5 aromatic rings. The number of Topliss-reactive ketones (excluding diaryl/α,β-unsaturated/α-hetero) is 2. The summed E-state index contributed by atoms with van der Waals surface area (Å²) in [5.74, 6) is 0.566. The number of rotatable bonds is 9. The van der Waals surface area contributed by atoms with Gasteiger partial charge in [0.05, 0.1) is 30.9 Å². The second-order valence-corrected chi connectivity index (χ2v) is 13.3. The summed E-state index contributed by atoms with van der Waals surface area (Å²) in [5, 5.41) is 0. The third-order valence-electron chi connectivity index (χ3n) is 9.32. The Morgan fingerprint density at radius 1 is 0.661 bits per heavy atom. The van der Waals surface area contributed by atoms with Gasteiger partial charge in [0.1, 0.15) is 24.7 Å². The molecule has 0 fully saturated rings. The summed E-state index contributed by atoms with van der Waals surface area (Å²) in [6, 6.07) is 28.4. The van der Waals surface area contributed by atoms with E-state index in [0.717, 1.165) is 52.1 Å². The third kappa shape index (κ3) is 9.41. The maximum Gasteiger partial charge on any atom is 0.416 e. The molecule has 0 atom stereocenters. The molecule has 0 heterocycles. The van der Waals surface area contributed by atoms with E-state index < -0.39 is 17.7 Å². The van der Waals surface area contributed by atoms with Crippen LogP contribution in [0.2, 0.25) is 0 Å². The van der Waals surface area contributed by atoms with E-state index >= 15 is 0 Å². The average molecular weight is 763 g/mol. The number of aryl methyl sites for hydroxylation is 2. The summed E-state index contributed by atoms with van der Waals surface area (Å²) < 4.78 is 60.3. The summed E-state index contributed by atoms with van der Waals surface area (Å²) in [4.78, 5) is 47.3. The molecular weight excluding hydrogens is 725 g/mol. The number of carbonyl (C=O) groups excluding carboxylic acids is 4. The smallest absolute Gasteiger partial charge is 0.416 e. The second kappa shape index (κ2) is 16.9. The van der Waals surface area contributed by atoms with Gasteiger partial charge >= 0.3 is 18.1 Å². The molecule has 0 aliphatic heterocycles. The van der Waals surface area contributed by atoms with Crippen molar-refractivity contribution in [1.29, 1.82) is 0 Å². The number of methoxy groups -OCH3 is 2. The number of esters is 2. The van der Waals surface area contributed by atoms with Crippen LogP contribution in [0.25, 0.3) is 6.08 Å². The van der Waals surface area contributed by atoms with Crippen molar-refractivity contribution in [3.63, 3.8) is 0 Å². The minimum atomic E-state index is -4.45. The minimum Gasteiger partial charge on any atom is -0.489 e. The van der Waals surface area contributed by atoms with E-state index in [1.165, 1.54) is 20.3 Å². The number of alkyl halides is 3. The van der Waals surface area contributed by atoms with Crippen molar-refractivity contribution in [2.24, 2.45) is 0 Å². The predicted molar refractivity (Wildman–Crippen MR) is 202 cm³/mol. The van der Waals surface area contributed by atoms with Gasteiger partial charge in [-0.25, -0.2) is 9.59 Å². The Morgan fingerprint density at radius 3 is 1.73 bits per heavy atom. The SMILES string of the molecule is COC(=O)c1ccc(COc2ccc3c(c2)C/C(=C\c2cc(C)cc(C(F)(F)F)c2)C3=O)cc1.COC(=O)c1ccc(COc2ccc3c(c2)CCC3=O)cc1. The van der Waals surface area contributed by atoms with Crippen molar-refractivity contribution in [2.75, 3.05) is 14.2 Å². The number of fused-ring (bicyclic) bond motifs is 2.